The van der Waals surface area contributed by atoms with E-state index in [1.165, 1.54) is 5.57 Å². The second kappa shape index (κ2) is 2.56. The summed E-state index contributed by atoms with van der Waals surface area (Å²) in [5.74, 6) is 0.740. The summed E-state index contributed by atoms with van der Waals surface area (Å²) in [5.41, 5.74) is 3.36. The van der Waals surface area contributed by atoms with E-state index in [0.29, 0.717) is 5.15 Å². The third-order valence-corrected chi connectivity index (χ3v) is 2.25. The van der Waals surface area contributed by atoms with Crippen LogP contribution in [0.2, 0.25) is 5.15 Å². The Hall–Kier alpha value is -0.890. The maximum absolute atomic E-state index is 5.96. The van der Waals surface area contributed by atoms with E-state index in [0.717, 1.165) is 23.5 Å². The molecule has 0 amide bonds. The van der Waals surface area contributed by atoms with Gasteiger partial charge in [0.2, 0.25) is 0 Å². The molecule has 2 rings (SSSR count). The van der Waals surface area contributed by atoms with Crippen LogP contribution in [0.4, 0.5) is 0 Å². The zero-order chi connectivity index (χ0) is 8.72. The van der Waals surface area contributed by atoms with E-state index in [4.69, 9.17) is 11.6 Å². The fraction of sp³-hybridized carbons (Fsp3) is 0.333. The van der Waals surface area contributed by atoms with Gasteiger partial charge in [-0.15, -0.1) is 0 Å². The molecule has 12 heavy (non-hydrogen) atoms. The molecule has 0 bridgehead atoms. The first-order chi connectivity index (χ1) is 5.66. The van der Waals surface area contributed by atoms with Gasteiger partial charge in [-0.1, -0.05) is 17.2 Å². The Morgan fingerprint density at radius 3 is 2.83 bits per heavy atom. The number of rotatable bonds is 0. The Morgan fingerprint density at radius 1 is 1.33 bits per heavy atom. The van der Waals surface area contributed by atoms with Crippen molar-refractivity contribution in [3.8, 4) is 0 Å². The van der Waals surface area contributed by atoms with Crippen LogP contribution in [-0.2, 0) is 6.42 Å². The summed E-state index contributed by atoms with van der Waals surface area (Å²) in [6.45, 7) is 3.93. The van der Waals surface area contributed by atoms with Gasteiger partial charge in [-0.25, -0.2) is 9.97 Å². The van der Waals surface area contributed by atoms with Crippen molar-refractivity contribution >= 4 is 17.7 Å². The van der Waals surface area contributed by atoms with Crippen molar-refractivity contribution in [3.05, 3.63) is 27.8 Å². The molecule has 0 spiro atoms. The molecule has 2 nitrogen and oxygen atoms in total. The number of halogens is 1. The highest BCUT2D eigenvalue weighted by atomic mass is 35.5. The Bertz CT molecular complexity index is 369. The minimum atomic E-state index is 0.602. The Morgan fingerprint density at radius 2 is 2.08 bits per heavy atom. The monoisotopic (exact) mass is 180 g/mol. The van der Waals surface area contributed by atoms with E-state index in [1.807, 2.05) is 6.92 Å². The number of hydrogen-bond donors (Lipinski definition) is 0. The van der Waals surface area contributed by atoms with Gasteiger partial charge in [0.05, 0.1) is 5.69 Å². The van der Waals surface area contributed by atoms with E-state index >= 15 is 0 Å². The van der Waals surface area contributed by atoms with Gasteiger partial charge < -0.3 is 0 Å². The molecule has 0 unspecified atom stereocenters. The summed E-state index contributed by atoms with van der Waals surface area (Å²) in [6.07, 6.45) is 2.96. The van der Waals surface area contributed by atoms with Crippen LogP contribution in [0, 0.1) is 6.92 Å². The fourth-order valence-electron chi connectivity index (χ4n) is 1.43. The predicted molar refractivity (Wildman–Crippen MR) is 49.1 cm³/mol. The molecule has 0 aliphatic heterocycles. The lowest BCUT2D eigenvalue weighted by molar-refractivity contribution is 1.01. The standard InChI is InChI=1S/C9H9ClN2/c1-5-3-7-8(4-5)11-6(2)12-9(7)10/h4H,3H2,1-2H3. The average molecular weight is 181 g/mol. The van der Waals surface area contributed by atoms with Crippen LogP contribution in [0.25, 0.3) is 6.08 Å². The van der Waals surface area contributed by atoms with E-state index in [9.17, 15) is 0 Å². The summed E-state index contributed by atoms with van der Waals surface area (Å²) in [7, 11) is 0. The third-order valence-electron chi connectivity index (χ3n) is 1.94. The first kappa shape index (κ1) is 7.74. The van der Waals surface area contributed by atoms with Gasteiger partial charge in [-0.2, -0.15) is 0 Å². The van der Waals surface area contributed by atoms with Gasteiger partial charge in [0.25, 0.3) is 0 Å². The smallest absolute Gasteiger partial charge is 0.136 e. The Balaban J connectivity index is 2.61. The van der Waals surface area contributed by atoms with Crippen LogP contribution in [0.3, 0.4) is 0 Å². The number of aromatic nitrogens is 2. The van der Waals surface area contributed by atoms with E-state index in [1.54, 1.807) is 0 Å². The van der Waals surface area contributed by atoms with E-state index < -0.39 is 0 Å². The van der Waals surface area contributed by atoms with Crippen molar-refractivity contribution in [3.63, 3.8) is 0 Å². The quantitative estimate of drug-likeness (QED) is 0.573. The lowest BCUT2D eigenvalue weighted by atomic mass is 10.2. The molecule has 1 aliphatic rings. The highest BCUT2D eigenvalue weighted by Crippen LogP contribution is 2.27. The van der Waals surface area contributed by atoms with Crippen LogP contribution < -0.4 is 0 Å². The molecule has 0 N–H and O–H groups in total. The van der Waals surface area contributed by atoms with Crippen molar-refractivity contribution in [2.75, 3.05) is 0 Å². The summed E-state index contributed by atoms with van der Waals surface area (Å²) in [4.78, 5) is 8.39. The minimum absolute atomic E-state index is 0.602. The second-order valence-electron chi connectivity index (χ2n) is 3.09. The average Bonchev–Trinajstić information content (AvgIpc) is 2.29. The summed E-state index contributed by atoms with van der Waals surface area (Å²) < 4.78 is 0. The molecule has 0 aromatic carbocycles. The zero-order valence-corrected chi connectivity index (χ0v) is 7.81. The maximum Gasteiger partial charge on any atom is 0.136 e. The fourth-order valence-corrected chi connectivity index (χ4v) is 1.71. The molecule has 1 aromatic rings. The maximum atomic E-state index is 5.96. The highest BCUT2D eigenvalue weighted by molar-refractivity contribution is 6.30. The molecule has 62 valence electrons. The van der Waals surface area contributed by atoms with Gasteiger partial charge in [0.1, 0.15) is 11.0 Å². The number of aryl methyl sites for hydroxylation is 1. The van der Waals surface area contributed by atoms with E-state index in [-0.39, 0.29) is 0 Å². The minimum Gasteiger partial charge on any atom is -0.233 e. The lowest BCUT2D eigenvalue weighted by Crippen LogP contribution is -1.95. The molecular formula is C9H9ClN2. The topological polar surface area (TPSA) is 25.8 Å². The lowest BCUT2D eigenvalue weighted by Gasteiger charge is -2.00. The second-order valence-corrected chi connectivity index (χ2v) is 3.45. The van der Waals surface area contributed by atoms with E-state index in [2.05, 4.69) is 23.0 Å². The third kappa shape index (κ3) is 1.12. The van der Waals surface area contributed by atoms with Crippen LogP contribution in [-0.4, -0.2) is 9.97 Å². The van der Waals surface area contributed by atoms with Crippen molar-refractivity contribution < 1.29 is 0 Å². The molecule has 3 heteroatoms. The van der Waals surface area contributed by atoms with Crippen LogP contribution >= 0.6 is 11.6 Å². The van der Waals surface area contributed by atoms with Crippen LogP contribution in [0.5, 0.6) is 0 Å². The summed E-state index contributed by atoms with van der Waals surface area (Å²) in [5, 5.41) is 0.602. The first-order valence-electron chi connectivity index (χ1n) is 3.87. The largest absolute Gasteiger partial charge is 0.233 e. The number of allylic oxidation sites excluding steroid dienone is 1. The first-order valence-corrected chi connectivity index (χ1v) is 4.25. The number of hydrogen-bond acceptors (Lipinski definition) is 2. The molecule has 0 atom stereocenters. The highest BCUT2D eigenvalue weighted by Gasteiger charge is 2.15. The molecule has 1 aliphatic carbocycles. The SMILES string of the molecule is CC1=Cc2nc(C)nc(Cl)c2C1. The van der Waals surface area contributed by atoms with Crippen molar-refractivity contribution in [1.29, 1.82) is 0 Å². The normalized spacial score (nSPS) is 14.4. The summed E-state index contributed by atoms with van der Waals surface area (Å²) >= 11 is 5.96. The van der Waals surface area contributed by atoms with Crippen molar-refractivity contribution in [2.45, 2.75) is 20.3 Å². The van der Waals surface area contributed by atoms with Crippen LogP contribution in [0.1, 0.15) is 24.0 Å². The molecule has 0 radical (unpaired) electrons. The van der Waals surface area contributed by atoms with Gasteiger partial charge in [-0.3, -0.25) is 0 Å². The Kier molecular flexibility index (Phi) is 1.65. The van der Waals surface area contributed by atoms with Crippen molar-refractivity contribution in [1.82, 2.24) is 9.97 Å². The number of fused-ring (bicyclic) bond motifs is 1. The Labute approximate surface area is 76.3 Å². The van der Waals surface area contributed by atoms with Gasteiger partial charge in [-0.05, 0) is 26.3 Å². The van der Waals surface area contributed by atoms with Gasteiger partial charge in [0.15, 0.2) is 0 Å². The predicted octanol–water partition coefficient (Wildman–Crippen LogP) is 2.40. The molecule has 1 heterocycles. The molecule has 1 aromatic heterocycles. The molecule has 0 saturated carbocycles. The molecule has 0 fully saturated rings. The van der Waals surface area contributed by atoms with Gasteiger partial charge in [0, 0.05) is 5.56 Å². The van der Waals surface area contributed by atoms with Gasteiger partial charge >= 0.3 is 0 Å². The van der Waals surface area contributed by atoms with Crippen LogP contribution in [0.15, 0.2) is 5.57 Å². The molecular weight excluding hydrogens is 172 g/mol. The summed E-state index contributed by atoms with van der Waals surface area (Å²) in [6, 6.07) is 0. The molecule has 0 saturated heterocycles. The van der Waals surface area contributed by atoms with Crippen molar-refractivity contribution in [2.24, 2.45) is 0 Å². The number of nitrogens with zero attached hydrogens (tertiary/aromatic N) is 2. The zero-order valence-electron chi connectivity index (χ0n) is 7.06.